The topological polar surface area (TPSA) is 864 Å². The molecular formula is C63H98Cl2N12O40. The summed E-state index contributed by atoms with van der Waals surface area (Å²) in [5.41, 5.74) is 21.9. The zero-order valence-corrected chi connectivity index (χ0v) is 62.6. The summed E-state index contributed by atoms with van der Waals surface area (Å²) < 4.78 is 73.7. The van der Waals surface area contributed by atoms with Gasteiger partial charge in [0.1, 0.15) is 171 Å². The van der Waals surface area contributed by atoms with Crippen LogP contribution in [0.25, 0.3) is 10.9 Å². The first-order valence-corrected chi connectivity index (χ1v) is 35.9. The van der Waals surface area contributed by atoms with Crippen molar-refractivity contribution in [3.05, 3.63) is 63.8 Å². The maximum atomic E-state index is 11.8. The molecule has 7 saturated heterocycles. The number of urea groups is 1. The Morgan fingerprint density at radius 2 is 0.855 bits per heavy atom. The number of carboxylic acid groups (broad SMARTS) is 1. The van der Waals surface area contributed by atoms with Crippen LogP contribution in [0.5, 0.6) is 0 Å². The number of amides is 2. The van der Waals surface area contributed by atoms with Crippen molar-refractivity contribution in [3.8, 4) is 0 Å². The first kappa shape index (κ1) is 97.7. The molecule has 0 saturated carbocycles. The van der Waals surface area contributed by atoms with Crippen molar-refractivity contribution in [1.82, 2.24) is 26.1 Å². The molecule has 7 aliphatic heterocycles. The number of fused-ring (bicyclic) bond motifs is 1. The van der Waals surface area contributed by atoms with Gasteiger partial charge in [0, 0.05) is 15.4 Å². The molecule has 0 bridgehead atoms. The molecular weight excluding hydrogens is 1640 g/mol. The quantitative estimate of drug-likeness (QED) is 0.0162. The Balaban J connectivity index is 0.000000391. The molecule has 7 aliphatic rings. The van der Waals surface area contributed by atoms with Crippen molar-refractivity contribution < 1.29 is 199 Å². The van der Waals surface area contributed by atoms with E-state index in [0.29, 0.717) is 27.7 Å². The normalized spacial score (nSPS) is 39.2. The first-order chi connectivity index (χ1) is 55.3. The molecule has 36 N–H and O–H groups in total. The maximum absolute atomic E-state index is 11.8. The standard InChI is InChI=1S/C42H72O36.C15H10Cl2N2O2.C5H12N8.CH4N2O2/c43-1-8-15(48)22(55)25(58)37(69-8)66-6-13-20(53)32(28(61)36(65)68-13)75-40-29(62)33(18(51)11(4-46)72-40)77-41-30(63)34(19(52)12(5-47)73-41)78-42-31(64)35(76-39-27(60)24(57)17(50)10(3-45)71-39)21(54)14(74-42)7-67-38-26(59)23(56)16(49)9(2-44)70-38;16-10-6-5-9(12(17)7-10)8-19-13-4-2-1-3-11(13)14(18-19)15(20)21;1-3(11-13-5(8)9)2-10-12-4(6)7;2-1(4)3-5/h8-65H,1-7H2;1-7H,8H2,(H,20,21);2H,1H3,(H4,6,7,12)(H4,8,9,13);5H,(H3,2,3,4)/b;;10-2+,11-3+;/t8-,9-,10-,11-,12-,13-,14-,15-,16-,17-,18-,19-,20-,21-,22+,23+,24+,25-,26-,27-,28-,29-,30-,31-,32+,33+,34+,35+,36-,37-,38-,39+,40+,41+,42+;;;/m1.../s1. The fraction of sp³-hybridized carbons (Fsp3) is 0.698. The lowest BCUT2D eigenvalue weighted by atomic mass is 9.95. The summed E-state index contributed by atoms with van der Waals surface area (Å²) in [6.45, 7) is -4.55. The molecule has 10 rings (SSSR count). The highest BCUT2D eigenvalue weighted by molar-refractivity contribution is 6.35. The van der Waals surface area contributed by atoms with Gasteiger partial charge in [-0.15, -0.1) is 0 Å². The van der Waals surface area contributed by atoms with Crippen LogP contribution in [0.1, 0.15) is 23.0 Å². The zero-order valence-electron chi connectivity index (χ0n) is 61.1. The summed E-state index contributed by atoms with van der Waals surface area (Å²) in [4.78, 5) is 20.5. The number of aromatic carboxylic acids is 1. The average molecular weight is 1730 g/mol. The van der Waals surface area contributed by atoms with E-state index in [1.165, 1.54) is 11.7 Å². The van der Waals surface area contributed by atoms with E-state index in [4.69, 9.17) is 112 Å². The maximum Gasteiger partial charge on any atom is 0.357 e. The molecule has 3 aromatic rings. The number of benzene rings is 2. The van der Waals surface area contributed by atoms with Crippen LogP contribution in [0.4, 0.5) is 4.79 Å². The van der Waals surface area contributed by atoms with Gasteiger partial charge in [0.25, 0.3) is 0 Å². The van der Waals surface area contributed by atoms with Gasteiger partial charge in [-0.25, -0.2) is 25.9 Å². The third kappa shape index (κ3) is 24.7. The number of guanidine groups is 2. The third-order valence-corrected chi connectivity index (χ3v) is 19.2. The van der Waals surface area contributed by atoms with Crippen LogP contribution >= 0.6 is 23.2 Å². The molecule has 2 aromatic carbocycles. The number of nitrogens with two attached hydrogens (primary N) is 3. The Labute approximate surface area is 669 Å². The van der Waals surface area contributed by atoms with Crippen molar-refractivity contribution in [2.75, 3.05) is 46.2 Å². The van der Waals surface area contributed by atoms with Crippen LogP contribution in [0.2, 0.25) is 10.0 Å². The average Bonchev–Trinajstić information content (AvgIpc) is 0.992. The van der Waals surface area contributed by atoms with E-state index in [-0.39, 0.29) is 17.6 Å². The lowest BCUT2D eigenvalue weighted by Crippen LogP contribution is -2.68. The van der Waals surface area contributed by atoms with Crippen molar-refractivity contribution in [3.63, 3.8) is 0 Å². The van der Waals surface area contributed by atoms with E-state index < -0.39 is 273 Å². The number of carbonyl (C=O) groups excluding carboxylic acids is 1. The van der Waals surface area contributed by atoms with Crippen LogP contribution in [-0.4, -0.2) is 435 Å². The fourth-order valence-electron chi connectivity index (χ4n) is 12.4. The number of para-hydroxylation sites is 1. The van der Waals surface area contributed by atoms with Crippen LogP contribution in [0.3, 0.4) is 0 Å². The van der Waals surface area contributed by atoms with Crippen LogP contribution < -0.4 is 33.5 Å². The molecule has 1 aromatic heterocycles. The van der Waals surface area contributed by atoms with Crippen LogP contribution in [-0.2, 0) is 68.1 Å². The SMILES string of the molecule is CC(/C=N/NC(=N)N)=N\NC(=N)N.NC(=O)NO.O=C(O)c1nn(Cc2ccc(Cl)cc2Cl)c2ccccc12.OC[C@H]1O[C@@H](OC[C@H]2O[C@@H](O)[C@H](O)[C@@H](O[C@@H]3O[C@H](CO)[C@@H](O)[C@H](O[C@@H]4O[C@H](CO)[C@@H](O)[C@H](O[C@@H]5O[C@H](CO[C@@H]6O[C@H](CO)[C@@H](O)[C@H](O)[C@H]6O)[C@@H](O)[C@H](O[C@@H]6O[C@H](CO)[C@@H](O)[C@H](O)[C@H]6O)[C@H]5O)[C@H]4O)[C@H]3O)[C@@H]2O)[C@H](O)[C@@H](O)[C@@H]1O. The second kappa shape index (κ2) is 45.0. The molecule has 117 heavy (non-hydrogen) atoms. The molecule has 0 unspecified atom stereocenters. The molecule has 8 heterocycles. The molecule has 54 heteroatoms. The molecule has 0 spiro atoms. The largest absolute Gasteiger partial charge is 0.476 e. The smallest absolute Gasteiger partial charge is 0.357 e. The zero-order chi connectivity index (χ0) is 86.9. The Morgan fingerprint density at radius 1 is 0.496 bits per heavy atom. The van der Waals surface area contributed by atoms with Gasteiger partial charge < -0.3 is 201 Å². The number of carboxylic acids is 1. The van der Waals surface area contributed by atoms with Gasteiger partial charge in [0.15, 0.2) is 49.7 Å². The molecule has 0 aliphatic carbocycles. The number of hydrazone groups is 2. The highest BCUT2D eigenvalue weighted by atomic mass is 35.5. The number of rotatable bonds is 25. The van der Waals surface area contributed by atoms with E-state index >= 15 is 0 Å². The Kier molecular flexibility index (Phi) is 37.6. The van der Waals surface area contributed by atoms with Gasteiger partial charge in [-0.3, -0.25) is 20.7 Å². The van der Waals surface area contributed by atoms with Gasteiger partial charge in [0.2, 0.25) is 11.9 Å². The molecule has 52 nitrogen and oxygen atoms in total. The molecule has 0 radical (unpaired) electrons. The number of carbonyl (C=O) groups is 2. The number of hydrogen-bond donors (Lipinski definition) is 33. The number of halogens is 2. The molecule has 7 fully saturated rings. The number of hydrogen-bond acceptors (Lipinski definition) is 44. The summed E-state index contributed by atoms with van der Waals surface area (Å²) in [6.07, 6.45) is -68.1. The lowest BCUT2D eigenvalue weighted by molar-refractivity contribution is -0.397. The van der Waals surface area contributed by atoms with E-state index in [9.17, 15) is 132 Å². The number of primary amides is 1. The highest BCUT2D eigenvalue weighted by Crippen LogP contribution is 2.38. The van der Waals surface area contributed by atoms with Crippen molar-refractivity contribution in [1.29, 1.82) is 10.8 Å². The summed E-state index contributed by atoms with van der Waals surface area (Å²) in [6, 6.07) is 11.5. The summed E-state index contributed by atoms with van der Waals surface area (Å²) in [5.74, 6) is -1.57. The van der Waals surface area contributed by atoms with Gasteiger partial charge >= 0.3 is 12.0 Å². The minimum atomic E-state index is -2.35. The second-order valence-electron chi connectivity index (χ2n) is 26.7. The van der Waals surface area contributed by atoms with E-state index in [1.807, 2.05) is 18.2 Å². The number of nitrogens with zero attached hydrogens (tertiary/aromatic N) is 4. The van der Waals surface area contributed by atoms with Crippen LogP contribution in [0.15, 0.2) is 52.7 Å². The van der Waals surface area contributed by atoms with E-state index in [2.05, 4.69) is 31.9 Å². The number of aromatic nitrogens is 2. The molecule has 2 amide bonds. The number of aliphatic hydroxyl groups excluding tert-OH is 23. The minimum Gasteiger partial charge on any atom is -0.476 e. The number of nitrogens with one attached hydrogen (secondary N) is 5. The van der Waals surface area contributed by atoms with Crippen molar-refractivity contribution in [2.24, 2.45) is 27.4 Å². The monoisotopic (exact) mass is 1730 g/mol. The van der Waals surface area contributed by atoms with Gasteiger partial charge in [-0.1, -0.05) is 47.5 Å². The first-order valence-electron chi connectivity index (χ1n) is 35.1. The van der Waals surface area contributed by atoms with E-state index in [1.54, 1.807) is 35.9 Å². The Hall–Kier alpha value is -6.37. The number of hydroxylamine groups is 1. The highest BCUT2D eigenvalue weighted by Gasteiger charge is 2.58. The Bertz CT molecular complexity index is 3690. The summed E-state index contributed by atoms with van der Waals surface area (Å²) in [5, 5.41) is 288. The van der Waals surface area contributed by atoms with Gasteiger partial charge in [-0.05, 0) is 30.7 Å². The number of aliphatic hydroxyl groups is 23. The predicted octanol–water partition coefficient (Wildman–Crippen LogP) is -14.8. The predicted molar refractivity (Wildman–Crippen MR) is 380 cm³/mol. The third-order valence-electron chi connectivity index (χ3n) is 18.6. The Morgan fingerprint density at radius 3 is 1.25 bits per heavy atom. The van der Waals surface area contributed by atoms with E-state index in [0.717, 1.165) is 11.1 Å². The molecule has 664 valence electrons. The number of ether oxygens (including phenoxy) is 13. The summed E-state index contributed by atoms with van der Waals surface area (Å²) in [7, 11) is 0. The van der Waals surface area contributed by atoms with Crippen LogP contribution in [0, 0.1) is 10.8 Å². The van der Waals surface area contributed by atoms with Crippen molar-refractivity contribution in [2.45, 2.75) is 228 Å². The summed E-state index contributed by atoms with van der Waals surface area (Å²) >= 11 is 12.0. The van der Waals surface area contributed by atoms with Gasteiger partial charge in [0.05, 0.1) is 70.2 Å². The molecule has 35 atom stereocenters. The fourth-order valence-corrected chi connectivity index (χ4v) is 12.8. The van der Waals surface area contributed by atoms with Gasteiger partial charge in [-0.2, -0.15) is 15.3 Å². The second-order valence-corrected chi connectivity index (χ2v) is 27.6. The minimum absolute atomic E-state index is 0.0377. The van der Waals surface area contributed by atoms with Crippen molar-refractivity contribution >= 4 is 70.0 Å². The lowest BCUT2D eigenvalue weighted by Gasteiger charge is -2.50.